The van der Waals surface area contributed by atoms with Gasteiger partial charge in [0.15, 0.2) is 0 Å². The maximum atomic E-state index is 9.34. The first kappa shape index (κ1) is 9.55. The molecule has 1 aromatic carbocycles. The molecule has 1 rings (SSSR count). The zero-order valence-electron chi connectivity index (χ0n) is 7.04. The molecule has 0 unspecified atom stereocenters. The molecular formula is C9H11BrO2. The Morgan fingerprint density at radius 1 is 1.50 bits per heavy atom. The van der Waals surface area contributed by atoms with Crippen LogP contribution >= 0.6 is 15.9 Å². The minimum absolute atomic E-state index is 0.477. The number of aliphatic hydroxyl groups excluding tert-OH is 1. The number of rotatable bonds is 2. The Hall–Kier alpha value is -0.540. The summed E-state index contributed by atoms with van der Waals surface area (Å²) in [5.41, 5.74) is 0.842. The quantitative estimate of drug-likeness (QED) is 0.847. The van der Waals surface area contributed by atoms with Gasteiger partial charge in [0.2, 0.25) is 0 Å². The Kier molecular flexibility index (Phi) is 3.12. The Balaban J connectivity index is 3.08. The highest BCUT2D eigenvalue weighted by Gasteiger charge is 2.06. The molecular weight excluding hydrogens is 220 g/mol. The monoisotopic (exact) mass is 230 g/mol. The first-order valence-electron chi connectivity index (χ1n) is 3.66. The Morgan fingerprint density at radius 2 is 2.17 bits per heavy atom. The van der Waals surface area contributed by atoms with Gasteiger partial charge in [0.1, 0.15) is 5.75 Å². The van der Waals surface area contributed by atoms with E-state index in [4.69, 9.17) is 4.74 Å². The van der Waals surface area contributed by atoms with Gasteiger partial charge in [0.25, 0.3) is 0 Å². The molecule has 0 bridgehead atoms. The summed E-state index contributed by atoms with van der Waals surface area (Å²) in [5.74, 6) is 0.758. The van der Waals surface area contributed by atoms with Crippen molar-refractivity contribution >= 4 is 15.9 Å². The molecule has 0 amide bonds. The van der Waals surface area contributed by atoms with Crippen LogP contribution in [-0.4, -0.2) is 12.2 Å². The molecule has 0 aromatic heterocycles. The van der Waals surface area contributed by atoms with Crippen molar-refractivity contribution in [2.45, 2.75) is 13.0 Å². The van der Waals surface area contributed by atoms with Crippen LogP contribution in [-0.2, 0) is 0 Å². The molecule has 0 saturated carbocycles. The van der Waals surface area contributed by atoms with Crippen molar-refractivity contribution in [3.8, 4) is 5.75 Å². The molecule has 3 heteroatoms. The number of ether oxygens (including phenoxy) is 1. The van der Waals surface area contributed by atoms with Gasteiger partial charge < -0.3 is 9.84 Å². The first-order valence-corrected chi connectivity index (χ1v) is 4.46. The molecule has 66 valence electrons. The SMILES string of the molecule is COc1ccc(Br)c([C@H](C)O)c1. The summed E-state index contributed by atoms with van der Waals surface area (Å²) >= 11 is 3.34. The van der Waals surface area contributed by atoms with Gasteiger partial charge in [-0.15, -0.1) is 0 Å². The van der Waals surface area contributed by atoms with Crippen LogP contribution in [0.5, 0.6) is 5.75 Å². The number of aliphatic hydroxyl groups is 1. The van der Waals surface area contributed by atoms with Gasteiger partial charge in [0.05, 0.1) is 13.2 Å². The van der Waals surface area contributed by atoms with Crippen molar-refractivity contribution in [3.63, 3.8) is 0 Å². The molecule has 1 N–H and O–H groups in total. The maximum absolute atomic E-state index is 9.34. The van der Waals surface area contributed by atoms with Crippen molar-refractivity contribution < 1.29 is 9.84 Å². The normalized spacial score (nSPS) is 12.7. The van der Waals surface area contributed by atoms with Gasteiger partial charge in [-0.25, -0.2) is 0 Å². The lowest BCUT2D eigenvalue weighted by Gasteiger charge is -2.08. The lowest BCUT2D eigenvalue weighted by atomic mass is 10.1. The van der Waals surface area contributed by atoms with E-state index in [1.165, 1.54) is 0 Å². The van der Waals surface area contributed by atoms with E-state index in [-0.39, 0.29) is 0 Å². The van der Waals surface area contributed by atoms with Gasteiger partial charge >= 0.3 is 0 Å². The summed E-state index contributed by atoms with van der Waals surface area (Å²) in [7, 11) is 1.61. The molecule has 0 aliphatic rings. The molecule has 0 heterocycles. The minimum Gasteiger partial charge on any atom is -0.497 e. The molecule has 1 aromatic rings. The summed E-state index contributed by atoms with van der Waals surface area (Å²) in [4.78, 5) is 0. The van der Waals surface area contributed by atoms with Gasteiger partial charge in [-0.2, -0.15) is 0 Å². The summed E-state index contributed by atoms with van der Waals surface area (Å²) in [6.45, 7) is 1.72. The molecule has 1 atom stereocenters. The highest BCUT2D eigenvalue weighted by molar-refractivity contribution is 9.10. The van der Waals surface area contributed by atoms with Crippen LogP contribution in [0.4, 0.5) is 0 Å². The number of benzene rings is 1. The van der Waals surface area contributed by atoms with E-state index < -0.39 is 6.10 Å². The van der Waals surface area contributed by atoms with Gasteiger partial charge in [-0.3, -0.25) is 0 Å². The Labute approximate surface area is 80.3 Å². The van der Waals surface area contributed by atoms with E-state index in [0.717, 1.165) is 15.8 Å². The van der Waals surface area contributed by atoms with Gasteiger partial charge in [-0.1, -0.05) is 15.9 Å². The van der Waals surface area contributed by atoms with Crippen LogP contribution in [0.3, 0.4) is 0 Å². The average Bonchev–Trinajstić information content (AvgIpc) is 2.05. The fraction of sp³-hybridized carbons (Fsp3) is 0.333. The van der Waals surface area contributed by atoms with E-state index >= 15 is 0 Å². The van der Waals surface area contributed by atoms with Crippen LogP contribution in [0.1, 0.15) is 18.6 Å². The molecule has 0 spiro atoms. The molecule has 0 fully saturated rings. The van der Waals surface area contributed by atoms with Crippen LogP contribution in [0, 0.1) is 0 Å². The summed E-state index contributed by atoms with van der Waals surface area (Å²) < 4.78 is 5.93. The highest BCUT2D eigenvalue weighted by atomic mass is 79.9. The van der Waals surface area contributed by atoms with Crippen LogP contribution in [0.2, 0.25) is 0 Å². The molecule has 12 heavy (non-hydrogen) atoms. The van der Waals surface area contributed by atoms with Crippen molar-refractivity contribution in [2.75, 3.05) is 7.11 Å². The number of methoxy groups -OCH3 is 1. The average molecular weight is 231 g/mol. The number of hydrogen-bond donors (Lipinski definition) is 1. The molecule has 0 saturated heterocycles. The Morgan fingerprint density at radius 3 is 2.67 bits per heavy atom. The van der Waals surface area contributed by atoms with Gasteiger partial charge in [-0.05, 0) is 30.7 Å². The fourth-order valence-electron chi connectivity index (χ4n) is 0.969. The van der Waals surface area contributed by atoms with E-state index in [1.54, 1.807) is 14.0 Å². The largest absolute Gasteiger partial charge is 0.497 e. The molecule has 0 aliphatic heterocycles. The van der Waals surface area contributed by atoms with E-state index in [1.807, 2.05) is 18.2 Å². The molecule has 2 nitrogen and oxygen atoms in total. The predicted octanol–water partition coefficient (Wildman–Crippen LogP) is 2.51. The van der Waals surface area contributed by atoms with Crippen molar-refractivity contribution in [1.82, 2.24) is 0 Å². The lowest BCUT2D eigenvalue weighted by molar-refractivity contribution is 0.198. The smallest absolute Gasteiger partial charge is 0.119 e. The first-order chi connectivity index (χ1) is 5.65. The topological polar surface area (TPSA) is 29.5 Å². The molecule has 0 aliphatic carbocycles. The second-order valence-corrected chi connectivity index (χ2v) is 3.42. The predicted molar refractivity (Wildman–Crippen MR) is 51.3 cm³/mol. The van der Waals surface area contributed by atoms with Gasteiger partial charge in [0, 0.05) is 4.47 Å². The van der Waals surface area contributed by atoms with Crippen molar-refractivity contribution in [3.05, 3.63) is 28.2 Å². The summed E-state index contributed by atoms with van der Waals surface area (Å²) in [6.07, 6.45) is -0.477. The standard InChI is InChI=1S/C9H11BrO2/c1-6(11)8-5-7(12-2)3-4-9(8)10/h3-6,11H,1-2H3/t6-/m0/s1. The second-order valence-electron chi connectivity index (χ2n) is 2.56. The number of hydrogen-bond acceptors (Lipinski definition) is 2. The van der Waals surface area contributed by atoms with Crippen LogP contribution < -0.4 is 4.74 Å². The number of halogens is 1. The van der Waals surface area contributed by atoms with E-state index in [9.17, 15) is 5.11 Å². The maximum Gasteiger partial charge on any atom is 0.119 e. The van der Waals surface area contributed by atoms with Crippen molar-refractivity contribution in [2.24, 2.45) is 0 Å². The third kappa shape index (κ3) is 1.99. The third-order valence-corrected chi connectivity index (χ3v) is 2.38. The fourth-order valence-corrected chi connectivity index (χ4v) is 1.55. The van der Waals surface area contributed by atoms with Crippen molar-refractivity contribution in [1.29, 1.82) is 0 Å². The van der Waals surface area contributed by atoms with Crippen LogP contribution in [0.25, 0.3) is 0 Å². The summed E-state index contributed by atoms with van der Waals surface area (Å²) in [5, 5.41) is 9.34. The lowest BCUT2D eigenvalue weighted by Crippen LogP contribution is -1.93. The van der Waals surface area contributed by atoms with Crippen LogP contribution in [0.15, 0.2) is 22.7 Å². The highest BCUT2D eigenvalue weighted by Crippen LogP contribution is 2.27. The minimum atomic E-state index is -0.477. The second kappa shape index (κ2) is 3.92. The van der Waals surface area contributed by atoms with E-state index in [2.05, 4.69) is 15.9 Å². The zero-order valence-corrected chi connectivity index (χ0v) is 8.63. The van der Waals surface area contributed by atoms with E-state index in [0.29, 0.717) is 0 Å². The third-order valence-electron chi connectivity index (χ3n) is 1.65. The molecule has 0 radical (unpaired) electrons. The summed E-state index contributed by atoms with van der Waals surface area (Å²) in [6, 6.07) is 5.52. The zero-order chi connectivity index (χ0) is 9.14. The Bertz CT molecular complexity index is 271.